The third kappa shape index (κ3) is 4.42. The topological polar surface area (TPSA) is 92.3 Å². The second-order valence-electron chi connectivity index (χ2n) is 5.38. The van der Waals surface area contributed by atoms with Gasteiger partial charge in [-0.2, -0.15) is 0 Å². The van der Waals surface area contributed by atoms with Crippen LogP contribution in [0.3, 0.4) is 0 Å². The van der Waals surface area contributed by atoms with Crippen LogP contribution in [0.5, 0.6) is 0 Å². The Balaban J connectivity index is 3.07. The fourth-order valence-corrected chi connectivity index (χ4v) is 3.11. The molecule has 0 bridgehead atoms. The van der Waals surface area contributed by atoms with Crippen molar-refractivity contribution in [2.75, 3.05) is 24.7 Å². The van der Waals surface area contributed by atoms with E-state index in [1.54, 1.807) is 39.0 Å². The summed E-state index contributed by atoms with van der Waals surface area (Å²) >= 11 is 0. The van der Waals surface area contributed by atoms with Gasteiger partial charge < -0.3 is 5.32 Å². The van der Waals surface area contributed by atoms with E-state index >= 15 is 0 Å². The molecular weight excluding hydrogens is 312 g/mol. The predicted molar refractivity (Wildman–Crippen MR) is 84.7 cm³/mol. The smallest absolute Gasteiger partial charge is 0.242 e. The number of anilines is 1. The first kappa shape index (κ1) is 17.9. The Labute approximate surface area is 126 Å². The molecule has 0 aliphatic carbocycles. The molecule has 0 amide bonds. The number of sulfone groups is 1. The number of rotatable bonds is 7. The van der Waals surface area contributed by atoms with E-state index in [9.17, 15) is 16.8 Å². The van der Waals surface area contributed by atoms with Crippen molar-refractivity contribution in [2.45, 2.75) is 30.4 Å². The summed E-state index contributed by atoms with van der Waals surface area (Å²) in [6, 6.07) is 6.41. The number of para-hydroxylation sites is 1. The maximum atomic E-state index is 12.1. The molecular formula is C13H22N2O4S2. The first-order valence-corrected chi connectivity index (χ1v) is 9.91. The first-order chi connectivity index (χ1) is 9.51. The van der Waals surface area contributed by atoms with E-state index in [-0.39, 0.29) is 18.0 Å². The molecule has 0 saturated heterocycles. The van der Waals surface area contributed by atoms with Crippen LogP contribution in [0.2, 0.25) is 0 Å². The summed E-state index contributed by atoms with van der Waals surface area (Å²) in [5.41, 5.74) is 0.384. The van der Waals surface area contributed by atoms with Crippen molar-refractivity contribution in [2.24, 2.45) is 0 Å². The first-order valence-electron chi connectivity index (χ1n) is 6.53. The summed E-state index contributed by atoms with van der Waals surface area (Å²) in [6.07, 6.45) is 1.16. The van der Waals surface area contributed by atoms with Gasteiger partial charge in [0.15, 0.2) is 9.84 Å². The SMILES string of the molecule is CCNS(=O)(=O)c1ccccc1NCC(C)(C)S(C)(=O)=O. The third-order valence-corrected chi connectivity index (χ3v) is 6.97. The number of nitrogens with one attached hydrogen (secondary N) is 2. The van der Waals surface area contributed by atoms with Crippen LogP contribution in [0.15, 0.2) is 29.2 Å². The van der Waals surface area contributed by atoms with Crippen LogP contribution in [0.1, 0.15) is 20.8 Å². The fraction of sp³-hybridized carbons (Fsp3) is 0.538. The summed E-state index contributed by atoms with van der Waals surface area (Å²) in [6.45, 7) is 5.28. The van der Waals surface area contributed by atoms with Crippen LogP contribution >= 0.6 is 0 Å². The number of hydrogen-bond acceptors (Lipinski definition) is 5. The molecule has 120 valence electrons. The van der Waals surface area contributed by atoms with E-state index < -0.39 is 24.6 Å². The second kappa shape index (κ2) is 6.33. The fourth-order valence-electron chi connectivity index (χ4n) is 1.55. The summed E-state index contributed by atoms with van der Waals surface area (Å²) < 4.78 is 49.0. The Morgan fingerprint density at radius 3 is 2.19 bits per heavy atom. The highest BCUT2D eigenvalue weighted by Crippen LogP contribution is 2.23. The van der Waals surface area contributed by atoms with Crippen molar-refractivity contribution in [3.05, 3.63) is 24.3 Å². The van der Waals surface area contributed by atoms with Gasteiger partial charge in [-0.25, -0.2) is 21.6 Å². The highest BCUT2D eigenvalue weighted by Gasteiger charge is 2.30. The van der Waals surface area contributed by atoms with Gasteiger partial charge in [-0.3, -0.25) is 0 Å². The maximum Gasteiger partial charge on any atom is 0.242 e. The van der Waals surface area contributed by atoms with Gasteiger partial charge in [0.25, 0.3) is 0 Å². The lowest BCUT2D eigenvalue weighted by atomic mass is 10.2. The average molecular weight is 334 g/mol. The summed E-state index contributed by atoms with van der Waals surface area (Å²) in [5, 5.41) is 2.93. The highest BCUT2D eigenvalue weighted by atomic mass is 32.2. The molecule has 1 aromatic carbocycles. The van der Waals surface area contributed by atoms with E-state index in [1.165, 1.54) is 6.07 Å². The minimum Gasteiger partial charge on any atom is -0.382 e. The molecule has 1 aromatic rings. The molecule has 0 radical (unpaired) electrons. The summed E-state index contributed by atoms with van der Waals surface area (Å²) in [5.74, 6) is 0. The van der Waals surface area contributed by atoms with Gasteiger partial charge >= 0.3 is 0 Å². The quantitative estimate of drug-likeness (QED) is 0.782. The van der Waals surface area contributed by atoms with Crippen molar-refractivity contribution in [3.63, 3.8) is 0 Å². The minimum absolute atomic E-state index is 0.108. The molecule has 0 unspecified atom stereocenters. The van der Waals surface area contributed by atoms with Gasteiger partial charge in [-0.15, -0.1) is 0 Å². The highest BCUT2D eigenvalue weighted by molar-refractivity contribution is 7.92. The molecule has 8 heteroatoms. The van der Waals surface area contributed by atoms with Gasteiger partial charge in [-0.1, -0.05) is 19.1 Å². The van der Waals surface area contributed by atoms with Crippen LogP contribution < -0.4 is 10.0 Å². The lowest BCUT2D eigenvalue weighted by Gasteiger charge is -2.24. The van der Waals surface area contributed by atoms with Gasteiger partial charge in [0.1, 0.15) is 4.90 Å². The minimum atomic E-state index is -3.61. The third-order valence-electron chi connectivity index (χ3n) is 3.22. The van der Waals surface area contributed by atoms with E-state index in [0.717, 1.165) is 6.26 Å². The van der Waals surface area contributed by atoms with Crippen LogP contribution in [0.25, 0.3) is 0 Å². The number of hydrogen-bond donors (Lipinski definition) is 2. The predicted octanol–water partition coefficient (Wildman–Crippen LogP) is 1.22. The standard InChI is InChI=1S/C13H22N2O4S2/c1-5-15-21(18,19)12-9-7-6-8-11(12)14-10-13(2,3)20(4,16)17/h6-9,14-15H,5,10H2,1-4H3. The van der Waals surface area contributed by atoms with E-state index in [1.807, 2.05) is 0 Å². The van der Waals surface area contributed by atoms with Gasteiger partial charge in [0.2, 0.25) is 10.0 Å². The Hall–Kier alpha value is -1.12. The van der Waals surface area contributed by atoms with Crippen LogP contribution in [0, 0.1) is 0 Å². The zero-order chi connectivity index (χ0) is 16.3. The number of benzene rings is 1. The van der Waals surface area contributed by atoms with Gasteiger partial charge in [0, 0.05) is 19.3 Å². The maximum absolute atomic E-state index is 12.1. The van der Waals surface area contributed by atoms with Crippen molar-refractivity contribution in [1.82, 2.24) is 4.72 Å². The second-order valence-corrected chi connectivity index (χ2v) is 9.77. The molecule has 0 aliphatic rings. The van der Waals surface area contributed by atoms with Gasteiger partial charge in [0.05, 0.1) is 10.4 Å². The van der Waals surface area contributed by atoms with Crippen molar-refractivity contribution in [1.29, 1.82) is 0 Å². The molecule has 2 N–H and O–H groups in total. The summed E-state index contributed by atoms with van der Waals surface area (Å²) in [7, 11) is -6.86. The molecule has 0 fully saturated rings. The monoisotopic (exact) mass is 334 g/mol. The molecule has 0 aromatic heterocycles. The lowest BCUT2D eigenvalue weighted by Crippen LogP contribution is -2.38. The van der Waals surface area contributed by atoms with E-state index in [4.69, 9.17) is 0 Å². The van der Waals surface area contributed by atoms with Crippen LogP contribution in [0.4, 0.5) is 5.69 Å². The van der Waals surface area contributed by atoms with Gasteiger partial charge in [-0.05, 0) is 26.0 Å². The Morgan fingerprint density at radius 2 is 1.67 bits per heavy atom. The largest absolute Gasteiger partial charge is 0.382 e. The molecule has 6 nitrogen and oxygen atoms in total. The molecule has 0 saturated carbocycles. The Morgan fingerprint density at radius 1 is 1.10 bits per heavy atom. The van der Waals surface area contributed by atoms with Crippen molar-refractivity contribution >= 4 is 25.5 Å². The van der Waals surface area contributed by atoms with Crippen LogP contribution in [-0.2, 0) is 19.9 Å². The Kier molecular flexibility index (Phi) is 5.40. The zero-order valence-corrected chi connectivity index (χ0v) is 14.3. The van der Waals surface area contributed by atoms with E-state index in [2.05, 4.69) is 10.0 Å². The lowest BCUT2D eigenvalue weighted by molar-refractivity contribution is 0.559. The van der Waals surface area contributed by atoms with E-state index in [0.29, 0.717) is 5.69 Å². The number of sulfonamides is 1. The molecule has 0 spiro atoms. The molecule has 0 aliphatic heterocycles. The molecule has 0 heterocycles. The van der Waals surface area contributed by atoms with Crippen molar-refractivity contribution in [3.8, 4) is 0 Å². The van der Waals surface area contributed by atoms with Crippen molar-refractivity contribution < 1.29 is 16.8 Å². The molecule has 1 rings (SSSR count). The van der Waals surface area contributed by atoms with Crippen LogP contribution in [-0.4, -0.2) is 40.9 Å². The average Bonchev–Trinajstić information content (AvgIpc) is 2.35. The molecule has 0 atom stereocenters. The zero-order valence-electron chi connectivity index (χ0n) is 12.7. The molecule has 21 heavy (non-hydrogen) atoms. The normalized spacial score (nSPS) is 13.1. The Bertz CT molecular complexity index is 695. The summed E-state index contributed by atoms with van der Waals surface area (Å²) in [4.78, 5) is 0.108.